The Morgan fingerprint density at radius 3 is 2.09 bits per heavy atom. The van der Waals surface area contributed by atoms with E-state index in [-0.39, 0.29) is 17.5 Å². The third-order valence-corrected chi connectivity index (χ3v) is 12.7. The number of ketones is 2. The van der Waals surface area contributed by atoms with Gasteiger partial charge in [0, 0.05) is 41.1 Å². The minimum absolute atomic E-state index is 0.232. The Bertz CT molecular complexity index is 1940. The van der Waals surface area contributed by atoms with Crippen LogP contribution < -0.4 is 10.2 Å². The second kappa shape index (κ2) is 10.8. The molecular formula is C38H38N4O2S2. The summed E-state index contributed by atoms with van der Waals surface area (Å²) in [5.74, 6) is 2.81. The minimum Gasteiger partial charge on any atom is -0.342 e. The fourth-order valence-electron chi connectivity index (χ4n) is 8.85. The fourth-order valence-corrected chi connectivity index (χ4v) is 11.0. The summed E-state index contributed by atoms with van der Waals surface area (Å²) in [7, 11) is 0. The van der Waals surface area contributed by atoms with Crippen molar-refractivity contribution in [3.63, 3.8) is 0 Å². The molecule has 46 heavy (non-hydrogen) atoms. The van der Waals surface area contributed by atoms with Crippen LogP contribution in [-0.4, -0.2) is 21.5 Å². The maximum Gasteiger partial charge on any atom is 0.162 e. The van der Waals surface area contributed by atoms with Crippen molar-refractivity contribution < 1.29 is 9.59 Å². The largest absolute Gasteiger partial charge is 0.342 e. The zero-order valence-corrected chi connectivity index (χ0v) is 28.4. The monoisotopic (exact) mass is 646 g/mol. The zero-order valence-electron chi connectivity index (χ0n) is 26.7. The van der Waals surface area contributed by atoms with Crippen molar-refractivity contribution in [2.75, 3.05) is 10.2 Å². The average Bonchev–Trinajstić information content (AvgIpc) is 3.74. The maximum absolute atomic E-state index is 14.2. The molecule has 2 aliphatic heterocycles. The van der Waals surface area contributed by atoms with Crippen molar-refractivity contribution in [2.24, 2.45) is 11.8 Å². The van der Waals surface area contributed by atoms with Gasteiger partial charge in [0.2, 0.25) is 0 Å². The van der Waals surface area contributed by atoms with Crippen LogP contribution in [0.3, 0.4) is 0 Å². The molecule has 2 aliphatic carbocycles. The lowest BCUT2D eigenvalue weighted by Crippen LogP contribution is -2.44. The first-order valence-electron chi connectivity index (χ1n) is 16.5. The van der Waals surface area contributed by atoms with E-state index in [4.69, 9.17) is 9.97 Å². The number of rotatable bonds is 5. The lowest BCUT2D eigenvalue weighted by molar-refractivity contribution is -0.118. The molecule has 0 saturated heterocycles. The van der Waals surface area contributed by atoms with Gasteiger partial charge in [-0.2, -0.15) is 0 Å². The van der Waals surface area contributed by atoms with E-state index in [1.165, 1.54) is 0 Å². The Kier molecular flexibility index (Phi) is 6.96. The van der Waals surface area contributed by atoms with Crippen LogP contribution in [0.1, 0.15) is 87.1 Å². The zero-order chi connectivity index (χ0) is 31.8. The second-order valence-electron chi connectivity index (χ2n) is 13.5. The van der Waals surface area contributed by atoms with Crippen molar-refractivity contribution in [1.29, 1.82) is 0 Å². The predicted octanol–water partition coefficient (Wildman–Crippen LogP) is 9.08. The number of fused-ring (bicyclic) bond motifs is 2. The molecule has 0 spiro atoms. The Hall–Kier alpha value is -3.88. The molecule has 1 N–H and O–H groups in total. The highest BCUT2D eigenvalue weighted by molar-refractivity contribution is 7.10. The highest BCUT2D eigenvalue weighted by Gasteiger charge is 2.52. The van der Waals surface area contributed by atoms with Crippen LogP contribution in [0.15, 0.2) is 88.2 Å². The van der Waals surface area contributed by atoms with Gasteiger partial charge in [0.15, 0.2) is 17.4 Å². The van der Waals surface area contributed by atoms with Crippen molar-refractivity contribution in [3.05, 3.63) is 109 Å². The quantitative estimate of drug-likeness (QED) is 0.233. The van der Waals surface area contributed by atoms with Crippen molar-refractivity contribution in [1.82, 2.24) is 9.97 Å². The number of nitrogens with zero attached hydrogens (tertiary/aromatic N) is 3. The summed E-state index contributed by atoms with van der Waals surface area (Å²) < 4.78 is 0. The molecule has 0 bridgehead atoms. The molecule has 0 radical (unpaired) electrons. The summed E-state index contributed by atoms with van der Waals surface area (Å²) in [6, 6.07) is 19.3. The molecule has 8 heteroatoms. The summed E-state index contributed by atoms with van der Waals surface area (Å²) in [6.07, 6.45) is 4.33. The number of hydrogen-bond donors (Lipinski definition) is 1. The van der Waals surface area contributed by atoms with Crippen molar-refractivity contribution >= 4 is 51.6 Å². The van der Waals surface area contributed by atoms with Gasteiger partial charge in [-0.3, -0.25) is 14.5 Å². The fraction of sp³-hybridized carbons (Fsp3) is 0.368. The van der Waals surface area contributed by atoms with Gasteiger partial charge in [-0.25, -0.2) is 9.97 Å². The van der Waals surface area contributed by atoms with Crippen LogP contribution >= 0.6 is 22.7 Å². The molecule has 4 heterocycles. The van der Waals surface area contributed by atoms with E-state index in [1.807, 2.05) is 17.1 Å². The minimum atomic E-state index is -0.551. The predicted molar refractivity (Wildman–Crippen MR) is 186 cm³/mol. The van der Waals surface area contributed by atoms with E-state index in [2.05, 4.69) is 86.4 Å². The van der Waals surface area contributed by atoms with Gasteiger partial charge in [-0.05, 0) is 60.8 Å². The van der Waals surface area contributed by atoms with Crippen LogP contribution in [0.5, 0.6) is 0 Å². The number of anilines is 3. The van der Waals surface area contributed by atoms with E-state index in [0.29, 0.717) is 18.8 Å². The second-order valence-corrected chi connectivity index (χ2v) is 15.2. The smallest absolute Gasteiger partial charge is 0.162 e. The first kappa shape index (κ1) is 29.5. The molecule has 4 atom stereocenters. The van der Waals surface area contributed by atoms with Gasteiger partial charge in [0.05, 0.1) is 31.6 Å². The van der Waals surface area contributed by atoms with Gasteiger partial charge in [-0.15, -0.1) is 22.7 Å². The number of aromatic nitrogens is 2. The molecule has 4 aliphatic rings. The molecule has 2 aromatic carbocycles. The first-order chi connectivity index (χ1) is 22.3. The summed E-state index contributed by atoms with van der Waals surface area (Å²) >= 11 is 3.27. The van der Waals surface area contributed by atoms with Gasteiger partial charge >= 0.3 is 0 Å². The van der Waals surface area contributed by atoms with Crippen LogP contribution in [0.2, 0.25) is 0 Å². The molecule has 4 aromatic rings. The van der Waals surface area contributed by atoms with Crippen molar-refractivity contribution in [2.45, 2.75) is 77.0 Å². The lowest BCUT2D eigenvalue weighted by atomic mass is 9.63. The number of allylic oxidation sites excluding steroid dienone is 4. The number of carbonyl (C=O) groups is 2. The topological polar surface area (TPSA) is 75.2 Å². The maximum atomic E-state index is 14.2. The van der Waals surface area contributed by atoms with Crippen LogP contribution in [0.25, 0.3) is 0 Å². The summed E-state index contributed by atoms with van der Waals surface area (Å²) in [5, 5.41) is 3.54. The average molecular weight is 647 g/mol. The van der Waals surface area contributed by atoms with Crippen LogP contribution in [0.4, 0.5) is 17.3 Å². The SMILES string of the molecule is CCC1(c2ccc(N3C4=C(C(=O)C[C@@H](C)C4)[C@@](CC)(c4ccccc4)c4scnc43)cc2)C2=C(CC(C)CC2=O)Nc2ncsc21. The Morgan fingerprint density at radius 1 is 0.761 bits per heavy atom. The van der Waals surface area contributed by atoms with E-state index >= 15 is 0 Å². The van der Waals surface area contributed by atoms with Gasteiger partial charge in [-0.1, -0.05) is 70.2 Å². The van der Waals surface area contributed by atoms with Gasteiger partial charge in [0.1, 0.15) is 5.82 Å². The highest BCUT2D eigenvalue weighted by Crippen LogP contribution is 2.58. The number of hydrogen-bond acceptors (Lipinski definition) is 8. The number of benzene rings is 2. The molecule has 234 valence electrons. The van der Waals surface area contributed by atoms with Gasteiger partial charge in [0.25, 0.3) is 0 Å². The number of carbonyl (C=O) groups excluding carboxylic acids is 2. The number of thiazole rings is 2. The first-order valence-corrected chi connectivity index (χ1v) is 18.2. The normalized spacial score (nSPS) is 27.2. The number of nitrogens with one attached hydrogen (secondary N) is 1. The molecule has 0 saturated carbocycles. The molecule has 0 amide bonds. The van der Waals surface area contributed by atoms with E-state index < -0.39 is 10.8 Å². The molecular weight excluding hydrogens is 609 g/mol. The summed E-state index contributed by atoms with van der Waals surface area (Å²) in [4.78, 5) is 42.1. The Balaban J connectivity index is 1.31. The molecule has 0 fully saturated rings. The van der Waals surface area contributed by atoms with Gasteiger partial charge < -0.3 is 5.32 Å². The Morgan fingerprint density at radius 2 is 1.37 bits per heavy atom. The third-order valence-electron chi connectivity index (χ3n) is 10.8. The molecule has 8 rings (SSSR count). The third kappa shape index (κ3) is 3.99. The van der Waals surface area contributed by atoms with E-state index in [1.54, 1.807) is 22.7 Å². The van der Waals surface area contributed by atoms with E-state index in [0.717, 1.165) is 86.4 Å². The Labute approximate surface area is 278 Å². The summed E-state index contributed by atoms with van der Waals surface area (Å²) in [5.41, 5.74) is 9.92. The molecule has 2 aromatic heterocycles. The molecule has 6 nitrogen and oxygen atoms in total. The van der Waals surface area contributed by atoms with Crippen molar-refractivity contribution in [3.8, 4) is 0 Å². The van der Waals surface area contributed by atoms with Crippen LogP contribution in [0, 0.1) is 11.8 Å². The standard InChI is InChI=1S/C38H38N4O2S2/c1-5-37(31-27(16-22(3)18-29(31)43)41-35-33(37)45-20-39-35)25-12-14-26(15-13-25)42-28-17-23(4)19-30(44)32(28)38(6-2,24-10-8-7-9-11-24)34-36(42)40-21-46-34/h7-15,20-23,41H,5-6,16-19H2,1-4H3/t22?,23-,37?,38+/m0/s1. The highest BCUT2D eigenvalue weighted by atomic mass is 32.1. The lowest BCUT2D eigenvalue weighted by Gasteiger charge is -2.46. The number of Topliss-reactive ketones (excluding diaryl/α,β-unsaturated/α-hetero) is 2. The van der Waals surface area contributed by atoms with Crippen LogP contribution in [-0.2, 0) is 20.4 Å². The van der Waals surface area contributed by atoms with E-state index in [9.17, 15) is 9.59 Å². The summed E-state index contributed by atoms with van der Waals surface area (Å²) in [6.45, 7) is 8.71. The molecule has 2 unspecified atom stereocenters.